The third kappa shape index (κ3) is 3.48. The fraction of sp³-hybridized carbons (Fsp3) is 0.625. The first-order valence-corrected chi connectivity index (χ1v) is 7.10. The third-order valence-corrected chi connectivity index (χ3v) is 4.03. The quantitative estimate of drug-likeness (QED) is 0.851. The molecule has 2 rings (SSSR count). The van der Waals surface area contributed by atoms with Crippen LogP contribution in [0.1, 0.15) is 33.3 Å². The molecule has 0 spiro atoms. The standard InChI is InChI=1S/C16H26N2O/c1-12-10-19-13(2)9-18(12)11-16(3,4)14-5-7-15(17)8-6-14/h5-8,12-13H,9-11,17H2,1-4H3. The lowest BCUT2D eigenvalue weighted by atomic mass is 9.83. The van der Waals surface area contributed by atoms with Gasteiger partial charge >= 0.3 is 0 Å². The Bertz CT molecular complexity index is 413. The molecule has 1 aliphatic heterocycles. The van der Waals surface area contributed by atoms with Crippen LogP contribution in [0.15, 0.2) is 24.3 Å². The van der Waals surface area contributed by atoms with E-state index in [1.807, 2.05) is 12.1 Å². The van der Waals surface area contributed by atoms with Gasteiger partial charge in [0, 0.05) is 30.2 Å². The topological polar surface area (TPSA) is 38.5 Å². The Balaban J connectivity index is 2.09. The van der Waals surface area contributed by atoms with Gasteiger partial charge < -0.3 is 10.5 Å². The minimum atomic E-state index is 0.124. The summed E-state index contributed by atoms with van der Waals surface area (Å²) in [5.74, 6) is 0. The number of nitrogen functional groups attached to an aromatic ring is 1. The Morgan fingerprint density at radius 2 is 1.89 bits per heavy atom. The molecule has 0 radical (unpaired) electrons. The van der Waals surface area contributed by atoms with Gasteiger partial charge in [-0.3, -0.25) is 4.90 Å². The van der Waals surface area contributed by atoms with Gasteiger partial charge in [-0.05, 0) is 31.5 Å². The minimum Gasteiger partial charge on any atom is -0.399 e. The van der Waals surface area contributed by atoms with E-state index in [9.17, 15) is 0 Å². The van der Waals surface area contributed by atoms with Crippen molar-refractivity contribution in [3.8, 4) is 0 Å². The second-order valence-corrected chi connectivity index (χ2v) is 6.43. The summed E-state index contributed by atoms with van der Waals surface area (Å²) in [7, 11) is 0. The van der Waals surface area contributed by atoms with Crippen molar-refractivity contribution < 1.29 is 4.74 Å². The largest absolute Gasteiger partial charge is 0.399 e. The summed E-state index contributed by atoms with van der Waals surface area (Å²) in [5.41, 5.74) is 8.06. The molecule has 19 heavy (non-hydrogen) atoms. The van der Waals surface area contributed by atoms with Crippen molar-refractivity contribution in [2.75, 3.05) is 25.4 Å². The summed E-state index contributed by atoms with van der Waals surface area (Å²) in [6.07, 6.45) is 0.332. The number of morpholine rings is 1. The van der Waals surface area contributed by atoms with Crippen LogP contribution in [0, 0.1) is 0 Å². The molecule has 0 aromatic heterocycles. The van der Waals surface area contributed by atoms with Crippen LogP contribution in [-0.4, -0.2) is 36.7 Å². The van der Waals surface area contributed by atoms with Gasteiger partial charge in [0.2, 0.25) is 0 Å². The van der Waals surface area contributed by atoms with Crippen LogP contribution >= 0.6 is 0 Å². The number of ether oxygens (including phenoxy) is 1. The van der Waals surface area contributed by atoms with Crippen LogP contribution in [0.3, 0.4) is 0 Å². The normalized spacial score (nSPS) is 25.5. The van der Waals surface area contributed by atoms with Gasteiger partial charge in [-0.25, -0.2) is 0 Å². The van der Waals surface area contributed by atoms with E-state index in [1.165, 1.54) is 5.56 Å². The average molecular weight is 262 g/mol. The number of hydrogen-bond acceptors (Lipinski definition) is 3. The number of benzene rings is 1. The fourth-order valence-corrected chi connectivity index (χ4v) is 2.73. The van der Waals surface area contributed by atoms with Crippen molar-refractivity contribution in [2.24, 2.45) is 0 Å². The number of rotatable bonds is 3. The summed E-state index contributed by atoms with van der Waals surface area (Å²) < 4.78 is 5.70. The van der Waals surface area contributed by atoms with Gasteiger partial charge in [-0.15, -0.1) is 0 Å². The molecule has 2 atom stereocenters. The lowest BCUT2D eigenvalue weighted by molar-refractivity contribution is -0.0549. The molecule has 2 N–H and O–H groups in total. The Kier molecular flexibility index (Phi) is 4.16. The smallest absolute Gasteiger partial charge is 0.0674 e. The van der Waals surface area contributed by atoms with Gasteiger partial charge in [0.05, 0.1) is 12.7 Å². The van der Waals surface area contributed by atoms with Crippen LogP contribution in [-0.2, 0) is 10.2 Å². The molecule has 1 aromatic carbocycles. The maximum atomic E-state index is 5.77. The van der Waals surface area contributed by atoms with Crippen LogP contribution in [0.5, 0.6) is 0 Å². The van der Waals surface area contributed by atoms with E-state index in [0.29, 0.717) is 12.1 Å². The monoisotopic (exact) mass is 262 g/mol. The highest BCUT2D eigenvalue weighted by molar-refractivity contribution is 5.41. The highest BCUT2D eigenvalue weighted by Gasteiger charge is 2.30. The number of nitrogens with two attached hydrogens (primary N) is 1. The van der Waals surface area contributed by atoms with Crippen molar-refractivity contribution >= 4 is 5.69 Å². The average Bonchev–Trinajstić information content (AvgIpc) is 2.34. The van der Waals surface area contributed by atoms with Gasteiger partial charge in [0.25, 0.3) is 0 Å². The molecule has 1 aromatic rings. The van der Waals surface area contributed by atoms with E-state index in [1.54, 1.807) is 0 Å². The molecule has 1 aliphatic rings. The summed E-state index contributed by atoms with van der Waals surface area (Å²) in [6, 6.07) is 8.75. The molecule has 3 heteroatoms. The zero-order valence-corrected chi connectivity index (χ0v) is 12.5. The predicted molar refractivity (Wildman–Crippen MR) is 80.3 cm³/mol. The van der Waals surface area contributed by atoms with E-state index in [0.717, 1.165) is 25.4 Å². The number of hydrogen-bond donors (Lipinski definition) is 1. The Hall–Kier alpha value is -1.06. The van der Waals surface area contributed by atoms with Crippen LogP contribution in [0.2, 0.25) is 0 Å². The molecule has 3 nitrogen and oxygen atoms in total. The van der Waals surface area contributed by atoms with E-state index >= 15 is 0 Å². The molecule has 0 saturated carbocycles. The van der Waals surface area contributed by atoms with Crippen molar-refractivity contribution in [2.45, 2.75) is 45.3 Å². The van der Waals surface area contributed by atoms with Crippen LogP contribution < -0.4 is 5.73 Å². The summed E-state index contributed by atoms with van der Waals surface area (Å²) in [6.45, 7) is 11.9. The van der Waals surface area contributed by atoms with Crippen molar-refractivity contribution in [3.63, 3.8) is 0 Å². The molecule has 1 heterocycles. The summed E-state index contributed by atoms with van der Waals surface area (Å²) in [4.78, 5) is 2.53. The Morgan fingerprint density at radius 1 is 1.26 bits per heavy atom. The van der Waals surface area contributed by atoms with Crippen LogP contribution in [0.25, 0.3) is 0 Å². The Labute approximate surface area is 116 Å². The van der Waals surface area contributed by atoms with E-state index in [-0.39, 0.29) is 5.41 Å². The third-order valence-electron chi connectivity index (χ3n) is 4.03. The van der Waals surface area contributed by atoms with Gasteiger partial charge in [0.15, 0.2) is 0 Å². The SMILES string of the molecule is CC1CN(CC(C)(C)c2ccc(N)cc2)C(C)CO1. The second kappa shape index (κ2) is 5.51. The molecule has 1 saturated heterocycles. The molecular weight excluding hydrogens is 236 g/mol. The highest BCUT2D eigenvalue weighted by Crippen LogP contribution is 2.27. The molecule has 0 amide bonds. The zero-order chi connectivity index (χ0) is 14.0. The first-order chi connectivity index (χ1) is 8.88. The minimum absolute atomic E-state index is 0.124. The first kappa shape index (κ1) is 14.4. The molecule has 0 aliphatic carbocycles. The lowest BCUT2D eigenvalue weighted by Gasteiger charge is -2.41. The zero-order valence-electron chi connectivity index (χ0n) is 12.5. The van der Waals surface area contributed by atoms with E-state index < -0.39 is 0 Å². The number of nitrogens with zero attached hydrogens (tertiary/aromatic N) is 1. The fourth-order valence-electron chi connectivity index (χ4n) is 2.73. The maximum absolute atomic E-state index is 5.77. The van der Waals surface area contributed by atoms with Gasteiger partial charge in [0.1, 0.15) is 0 Å². The molecule has 2 unspecified atom stereocenters. The van der Waals surface area contributed by atoms with Crippen molar-refractivity contribution in [1.29, 1.82) is 0 Å². The lowest BCUT2D eigenvalue weighted by Crippen LogP contribution is -2.51. The van der Waals surface area contributed by atoms with Gasteiger partial charge in [-0.1, -0.05) is 26.0 Å². The maximum Gasteiger partial charge on any atom is 0.0674 e. The van der Waals surface area contributed by atoms with E-state index in [4.69, 9.17) is 10.5 Å². The molecule has 0 bridgehead atoms. The van der Waals surface area contributed by atoms with Crippen molar-refractivity contribution in [1.82, 2.24) is 4.90 Å². The Morgan fingerprint density at radius 3 is 2.53 bits per heavy atom. The first-order valence-electron chi connectivity index (χ1n) is 7.10. The predicted octanol–water partition coefficient (Wildman–Crippen LogP) is 2.66. The highest BCUT2D eigenvalue weighted by atomic mass is 16.5. The van der Waals surface area contributed by atoms with Gasteiger partial charge in [-0.2, -0.15) is 0 Å². The molecular formula is C16H26N2O. The summed E-state index contributed by atoms with van der Waals surface area (Å²) >= 11 is 0. The number of anilines is 1. The van der Waals surface area contributed by atoms with Crippen molar-refractivity contribution in [3.05, 3.63) is 29.8 Å². The summed E-state index contributed by atoms with van der Waals surface area (Å²) in [5, 5.41) is 0. The van der Waals surface area contributed by atoms with E-state index in [2.05, 4.69) is 44.7 Å². The molecule has 106 valence electrons. The van der Waals surface area contributed by atoms with Crippen LogP contribution in [0.4, 0.5) is 5.69 Å². The second-order valence-electron chi connectivity index (χ2n) is 6.43. The molecule has 1 fully saturated rings.